The zero-order chi connectivity index (χ0) is 11.4. The monoisotopic (exact) mass is 211 g/mol. The van der Waals surface area contributed by atoms with Crippen molar-refractivity contribution in [2.75, 3.05) is 6.54 Å². The molecule has 15 heavy (non-hydrogen) atoms. The van der Waals surface area contributed by atoms with Crippen molar-refractivity contribution < 1.29 is 20.1 Å². The number of aliphatic hydroxyl groups excluding tert-OH is 2. The molecule has 5 nitrogen and oxygen atoms in total. The van der Waals surface area contributed by atoms with Crippen molar-refractivity contribution in [3.63, 3.8) is 0 Å². The maximum atomic E-state index is 10.5. The molecule has 5 heteroatoms. The van der Waals surface area contributed by atoms with E-state index < -0.39 is 18.2 Å². The lowest BCUT2D eigenvalue weighted by atomic mass is 10.0. The molecule has 1 aromatic carbocycles. The van der Waals surface area contributed by atoms with Gasteiger partial charge in [0.1, 0.15) is 6.10 Å². The lowest BCUT2D eigenvalue weighted by molar-refractivity contribution is 0.0243. The minimum absolute atomic E-state index is 0.0537. The first kappa shape index (κ1) is 11.6. The largest absolute Gasteiger partial charge is 0.478 e. The number of hydrogen-bond acceptors (Lipinski definition) is 4. The average molecular weight is 211 g/mol. The van der Waals surface area contributed by atoms with Gasteiger partial charge >= 0.3 is 5.97 Å². The van der Waals surface area contributed by atoms with Crippen LogP contribution in [0.5, 0.6) is 0 Å². The van der Waals surface area contributed by atoms with E-state index in [4.69, 9.17) is 10.8 Å². The van der Waals surface area contributed by atoms with E-state index in [9.17, 15) is 15.0 Å². The van der Waals surface area contributed by atoms with Crippen LogP contribution in [0.25, 0.3) is 0 Å². The van der Waals surface area contributed by atoms with Gasteiger partial charge < -0.3 is 21.1 Å². The van der Waals surface area contributed by atoms with Gasteiger partial charge in [0.25, 0.3) is 0 Å². The van der Waals surface area contributed by atoms with Gasteiger partial charge in [0, 0.05) is 6.54 Å². The standard InChI is InChI=1S/C10H13NO4/c11-5-8(12)9(13)6-1-3-7(4-2-6)10(14)15/h1-4,8-9,12-13H,5,11H2,(H,14,15). The number of hydrogen-bond donors (Lipinski definition) is 4. The summed E-state index contributed by atoms with van der Waals surface area (Å²) in [4.78, 5) is 10.5. The van der Waals surface area contributed by atoms with Crippen molar-refractivity contribution in [2.24, 2.45) is 5.73 Å². The molecule has 0 amide bonds. The van der Waals surface area contributed by atoms with Crippen LogP contribution in [0.15, 0.2) is 24.3 Å². The van der Waals surface area contributed by atoms with Gasteiger partial charge in [-0.1, -0.05) is 12.1 Å². The Balaban J connectivity index is 2.84. The van der Waals surface area contributed by atoms with Crippen LogP contribution in [-0.4, -0.2) is 33.9 Å². The maximum absolute atomic E-state index is 10.5. The highest BCUT2D eigenvalue weighted by Gasteiger charge is 2.16. The third-order valence-electron chi connectivity index (χ3n) is 2.11. The fourth-order valence-corrected chi connectivity index (χ4v) is 1.17. The van der Waals surface area contributed by atoms with Gasteiger partial charge in [-0.3, -0.25) is 0 Å². The predicted octanol–water partition coefficient (Wildman–Crippen LogP) is -0.262. The molecule has 0 aromatic heterocycles. The third kappa shape index (κ3) is 2.76. The lowest BCUT2D eigenvalue weighted by Crippen LogP contribution is -2.27. The molecular weight excluding hydrogens is 198 g/mol. The summed E-state index contributed by atoms with van der Waals surface area (Å²) in [6.07, 6.45) is -2.13. The van der Waals surface area contributed by atoms with Crippen LogP contribution >= 0.6 is 0 Å². The van der Waals surface area contributed by atoms with E-state index in [1.807, 2.05) is 0 Å². The molecule has 0 aliphatic rings. The van der Waals surface area contributed by atoms with E-state index in [2.05, 4.69) is 0 Å². The van der Waals surface area contributed by atoms with E-state index in [0.717, 1.165) is 0 Å². The second-order valence-corrected chi connectivity index (χ2v) is 3.18. The van der Waals surface area contributed by atoms with Gasteiger partial charge in [-0.15, -0.1) is 0 Å². The molecule has 0 fully saturated rings. The second kappa shape index (κ2) is 4.88. The van der Waals surface area contributed by atoms with Gasteiger partial charge in [0.2, 0.25) is 0 Å². The summed E-state index contributed by atoms with van der Waals surface area (Å²) in [6, 6.07) is 5.63. The predicted molar refractivity (Wildman–Crippen MR) is 53.4 cm³/mol. The minimum atomic E-state index is -1.09. The number of benzene rings is 1. The van der Waals surface area contributed by atoms with Crippen LogP contribution in [0.1, 0.15) is 22.0 Å². The molecular formula is C10H13NO4. The van der Waals surface area contributed by atoms with E-state index >= 15 is 0 Å². The summed E-state index contributed by atoms with van der Waals surface area (Å²) in [5.41, 5.74) is 5.76. The van der Waals surface area contributed by atoms with Crippen LogP contribution in [-0.2, 0) is 0 Å². The normalized spacial score (nSPS) is 14.6. The Hall–Kier alpha value is -1.43. The Morgan fingerprint density at radius 1 is 1.27 bits per heavy atom. The molecule has 0 aliphatic heterocycles. The Kier molecular flexibility index (Phi) is 3.79. The van der Waals surface area contributed by atoms with Crippen LogP contribution in [0, 0.1) is 0 Å². The smallest absolute Gasteiger partial charge is 0.335 e. The topological polar surface area (TPSA) is 104 Å². The number of nitrogens with two attached hydrogens (primary N) is 1. The maximum Gasteiger partial charge on any atom is 0.335 e. The van der Waals surface area contributed by atoms with E-state index in [0.29, 0.717) is 5.56 Å². The Bertz CT molecular complexity index is 336. The summed E-state index contributed by atoms with van der Waals surface area (Å²) in [7, 11) is 0. The molecule has 0 saturated carbocycles. The van der Waals surface area contributed by atoms with E-state index in [1.54, 1.807) is 0 Å². The number of carbonyl (C=O) groups is 1. The van der Waals surface area contributed by atoms with Gasteiger partial charge in [-0.25, -0.2) is 4.79 Å². The highest BCUT2D eigenvalue weighted by atomic mass is 16.4. The fourth-order valence-electron chi connectivity index (χ4n) is 1.17. The Morgan fingerprint density at radius 2 is 1.80 bits per heavy atom. The number of carboxylic acid groups (broad SMARTS) is 1. The van der Waals surface area contributed by atoms with Crippen molar-refractivity contribution in [2.45, 2.75) is 12.2 Å². The molecule has 82 valence electrons. The SMILES string of the molecule is NCC(O)C(O)c1ccc(C(=O)O)cc1. The highest BCUT2D eigenvalue weighted by molar-refractivity contribution is 5.87. The molecule has 1 aromatic rings. The summed E-state index contributed by atoms with van der Waals surface area (Å²) in [5.74, 6) is -1.03. The number of aliphatic hydroxyl groups is 2. The van der Waals surface area contributed by atoms with Crippen molar-refractivity contribution in [1.29, 1.82) is 0 Å². The molecule has 2 unspecified atom stereocenters. The second-order valence-electron chi connectivity index (χ2n) is 3.18. The molecule has 1 rings (SSSR count). The summed E-state index contributed by atoms with van der Waals surface area (Å²) >= 11 is 0. The van der Waals surface area contributed by atoms with Crippen molar-refractivity contribution in [3.05, 3.63) is 35.4 Å². The number of aromatic carboxylic acids is 1. The quantitative estimate of drug-likeness (QED) is 0.549. The molecule has 0 bridgehead atoms. The fraction of sp³-hybridized carbons (Fsp3) is 0.300. The molecule has 0 spiro atoms. The van der Waals surface area contributed by atoms with Crippen LogP contribution < -0.4 is 5.73 Å². The molecule has 0 radical (unpaired) electrons. The number of carboxylic acids is 1. The van der Waals surface area contributed by atoms with Gasteiger partial charge in [0.15, 0.2) is 0 Å². The molecule has 0 aliphatic carbocycles. The molecule has 0 heterocycles. The van der Waals surface area contributed by atoms with E-state index in [-0.39, 0.29) is 12.1 Å². The van der Waals surface area contributed by atoms with E-state index in [1.165, 1.54) is 24.3 Å². The highest BCUT2D eigenvalue weighted by Crippen LogP contribution is 2.16. The van der Waals surface area contributed by atoms with Crippen LogP contribution in [0.3, 0.4) is 0 Å². The van der Waals surface area contributed by atoms with Crippen molar-refractivity contribution >= 4 is 5.97 Å². The van der Waals surface area contributed by atoms with Gasteiger partial charge in [-0.2, -0.15) is 0 Å². The van der Waals surface area contributed by atoms with Gasteiger partial charge in [-0.05, 0) is 17.7 Å². The zero-order valence-corrected chi connectivity index (χ0v) is 8.00. The van der Waals surface area contributed by atoms with Crippen LogP contribution in [0.2, 0.25) is 0 Å². The first-order valence-corrected chi connectivity index (χ1v) is 4.45. The van der Waals surface area contributed by atoms with Crippen LogP contribution in [0.4, 0.5) is 0 Å². The number of rotatable bonds is 4. The third-order valence-corrected chi connectivity index (χ3v) is 2.11. The summed E-state index contributed by atoms with van der Waals surface area (Å²) in [5, 5.41) is 27.4. The minimum Gasteiger partial charge on any atom is -0.478 e. The molecule has 2 atom stereocenters. The van der Waals surface area contributed by atoms with Gasteiger partial charge in [0.05, 0.1) is 11.7 Å². The van der Waals surface area contributed by atoms with Crippen molar-refractivity contribution in [1.82, 2.24) is 0 Å². The summed E-state index contributed by atoms with van der Waals surface area (Å²) in [6.45, 7) is -0.0537. The summed E-state index contributed by atoms with van der Waals surface area (Å²) < 4.78 is 0. The Labute approximate surface area is 86.8 Å². The van der Waals surface area contributed by atoms with Crippen molar-refractivity contribution in [3.8, 4) is 0 Å². The lowest BCUT2D eigenvalue weighted by Gasteiger charge is -2.16. The average Bonchev–Trinajstić information content (AvgIpc) is 2.27. The molecule has 0 saturated heterocycles. The Morgan fingerprint density at radius 3 is 2.20 bits per heavy atom. The first-order chi connectivity index (χ1) is 7.06. The molecule has 5 N–H and O–H groups in total. The first-order valence-electron chi connectivity index (χ1n) is 4.45. The zero-order valence-electron chi connectivity index (χ0n) is 8.00.